The van der Waals surface area contributed by atoms with Crippen molar-refractivity contribution in [1.82, 2.24) is 29.5 Å². The molecule has 1 saturated heterocycles. The Morgan fingerprint density at radius 1 is 1.36 bits per heavy atom. The Morgan fingerprint density at radius 2 is 2.28 bits per heavy atom. The molecule has 0 radical (unpaired) electrons. The summed E-state index contributed by atoms with van der Waals surface area (Å²) in [5, 5.41) is 13.0. The van der Waals surface area contributed by atoms with Gasteiger partial charge in [0.15, 0.2) is 5.16 Å². The molecule has 1 atom stereocenters. The molecule has 1 fully saturated rings. The lowest BCUT2D eigenvalue weighted by molar-refractivity contribution is 0.436. The molecule has 0 spiro atoms. The first-order valence-electron chi connectivity index (χ1n) is 8.42. The average Bonchev–Trinajstić information content (AvgIpc) is 3.01. The Morgan fingerprint density at radius 3 is 3.12 bits per heavy atom. The van der Waals surface area contributed by atoms with Crippen LogP contribution >= 0.6 is 11.8 Å². The number of nitrogens with zero attached hydrogens (tertiary/aromatic N) is 5. The van der Waals surface area contributed by atoms with Crippen molar-refractivity contribution >= 4 is 17.4 Å². The molecule has 1 N–H and O–H groups in total. The first-order chi connectivity index (χ1) is 12.2. The second kappa shape index (κ2) is 6.97. The molecule has 0 bridgehead atoms. The van der Waals surface area contributed by atoms with E-state index in [0.717, 1.165) is 36.2 Å². The lowest BCUT2D eigenvalue weighted by atomic mass is 9.99. The van der Waals surface area contributed by atoms with E-state index in [1.165, 1.54) is 6.42 Å². The molecule has 3 aromatic rings. The van der Waals surface area contributed by atoms with Gasteiger partial charge in [0.05, 0.1) is 5.69 Å². The van der Waals surface area contributed by atoms with E-state index < -0.39 is 0 Å². The summed E-state index contributed by atoms with van der Waals surface area (Å²) in [5.41, 5.74) is 1.36. The zero-order valence-electron chi connectivity index (χ0n) is 14.1. The number of nitrogens with one attached hydrogen (secondary N) is 1. The van der Waals surface area contributed by atoms with Crippen LogP contribution in [0, 0.1) is 0 Å². The highest BCUT2D eigenvalue weighted by atomic mass is 32.2. The monoisotopic (exact) mass is 356 g/mol. The van der Waals surface area contributed by atoms with E-state index in [1.807, 2.05) is 25.2 Å². The highest BCUT2D eigenvalue weighted by Gasteiger charge is 2.21. The zero-order chi connectivity index (χ0) is 17.2. The third-order valence-electron chi connectivity index (χ3n) is 4.50. The van der Waals surface area contributed by atoms with Gasteiger partial charge in [0.25, 0.3) is 5.56 Å². The molecule has 130 valence electrons. The van der Waals surface area contributed by atoms with E-state index in [2.05, 4.69) is 25.1 Å². The summed E-state index contributed by atoms with van der Waals surface area (Å²) in [4.78, 5) is 16.7. The van der Waals surface area contributed by atoms with Crippen LogP contribution in [-0.4, -0.2) is 37.2 Å². The predicted molar refractivity (Wildman–Crippen MR) is 96.9 cm³/mol. The minimum atomic E-state index is -0.0619. The van der Waals surface area contributed by atoms with Crippen molar-refractivity contribution < 1.29 is 0 Å². The smallest absolute Gasteiger partial charge is 0.258 e. The van der Waals surface area contributed by atoms with E-state index in [4.69, 9.17) is 0 Å². The molecule has 4 heterocycles. The van der Waals surface area contributed by atoms with Gasteiger partial charge in [0.1, 0.15) is 11.5 Å². The summed E-state index contributed by atoms with van der Waals surface area (Å²) >= 11 is 1.56. The van der Waals surface area contributed by atoms with Crippen LogP contribution in [0.5, 0.6) is 0 Å². The molecule has 1 aliphatic rings. The standard InChI is InChI=1S/C17H20N6OS/c1-22-16(12-5-4-7-18-10-12)20-21-17(22)25-11-13-9-15(24)23-8-3-2-6-14(23)19-13/h2-3,6,8-9,12,18H,4-5,7,10-11H2,1H3. The van der Waals surface area contributed by atoms with Gasteiger partial charge in [-0.15, -0.1) is 10.2 Å². The molecule has 8 heteroatoms. The summed E-state index contributed by atoms with van der Waals surface area (Å²) < 4.78 is 3.61. The van der Waals surface area contributed by atoms with Gasteiger partial charge < -0.3 is 9.88 Å². The fourth-order valence-corrected chi connectivity index (χ4v) is 4.01. The molecule has 0 aliphatic carbocycles. The second-order valence-corrected chi connectivity index (χ2v) is 7.19. The SMILES string of the molecule is Cn1c(SCc2cc(=O)n3ccccc3n2)nnc1C1CCCNC1. The van der Waals surface area contributed by atoms with E-state index >= 15 is 0 Å². The quantitative estimate of drug-likeness (QED) is 0.715. The van der Waals surface area contributed by atoms with Crippen LogP contribution in [0.25, 0.3) is 5.65 Å². The summed E-state index contributed by atoms with van der Waals surface area (Å²) in [7, 11) is 2.01. The third kappa shape index (κ3) is 3.32. The number of thioether (sulfide) groups is 1. The second-order valence-electron chi connectivity index (χ2n) is 6.25. The Kier molecular flexibility index (Phi) is 4.54. The van der Waals surface area contributed by atoms with Crippen molar-refractivity contribution in [3.05, 3.63) is 52.3 Å². The van der Waals surface area contributed by atoms with Gasteiger partial charge in [-0.2, -0.15) is 0 Å². The predicted octanol–water partition coefficient (Wildman–Crippen LogP) is 1.58. The molecular weight excluding hydrogens is 336 g/mol. The van der Waals surface area contributed by atoms with Crippen molar-refractivity contribution in [3.63, 3.8) is 0 Å². The molecule has 7 nitrogen and oxygen atoms in total. The van der Waals surface area contributed by atoms with Crippen molar-refractivity contribution in [3.8, 4) is 0 Å². The molecule has 3 aromatic heterocycles. The van der Waals surface area contributed by atoms with Crippen LogP contribution in [0.15, 0.2) is 40.4 Å². The molecular formula is C17H20N6OS. The van der Waals surface area contributed by atoms with Crippen molar-refractivity contribution in [2.24, 2.45) is 7.05 Å². The maximum absolute atomic E-state index is 12.2. The number of aromatic nitrogens is 5. The van der Waals surface area contributed by atoms with Gasteiger partial charge in [-0.25, -0.2) is 4.98 Å². The molecule has 4 rings (SSSR count). The Balaban J connectivity index is 1.52. The Bertz CT molecular complexity index is 944. The van der Waals surface area contributed by atoms with Gasteiger partial charge in [-0.05, 0) is 31.5 Å². The number of piperidine rings is 1. The largest absolute Gasteiger partial charge is 0.316 e. The topological polar surface area (TPSA) is 77.1 Å². The lowest BCUT2D eigenvalue weighted by Crippen LogP contribution is -2.29. The number of fused-ring (bicyclic) bond motifs is 1. The summed E-state index contributed by atoms with van der Waals surface area (Å²) in [6.45, 7) is 2.04. The van der Waals surface area contributed by atoms with Gasteiger partial charge in [0.2, 0.25) is 0 Å². The normalized spacial score (nSPS) is 17.9. The molecule has 0 aromatic carbocycles. The Hall–Kier alpha value is -2.19. The lowest BCUT2D eigenvalue weighted by Gasteiger charge is -2.21. The van der Waals surface area contributed by atoms with E-state index in [9.17, 15) is 4.79 Å². The fourth-order valence-electron chi connectivity index (χ4n) is 3.20. The molecule has 1 aliphatic heterocycles. The number of hydrogen-bond acceptors (Lipinski definition) is 6. The summed E-state index contributed by atoms with van der Waals surface area (Å²) in [6.07, 6.45) is 4.05. The first kappa shape index (κ1) is 16.3. The maximum atomic E-state index is 12.2. The molecule has 1 unspecified atom stereocenters. The molecule has 0 amide bonds. The third-order valence-corrected chi connectivity index (χ3v) is 5.56. The van der Waals surface area contributed by atoms with Crippen LogP contribution in [-0.2, 0) is 12.8 Å². The average molecular weight is 356 g/mol. The Labute approximate surface area is 149 Å². The summed E-state index contributed by atoms with van der Waals surface area (Å²) in [5.74, 6) is 2.04. The van der Waals surface area contributed by atoms with E-state index in [-0.39, 0.29) is 5.56 Å². The van der Waals surface area contributed by atoms with Crippen LogP contribution in [0.1, 0.15) is 30.3 Å². The highest BCUT2D eigenvalue weighted by Crippen LogP contribution is 2.26. The molecule has 25 heavy (non-hydrogen) atoms. The first-order valence-corrected chi connectivity index (χ1v) is 9.41. The zero-order valence-corrected chi connectivity index (χ0v) is 14.9. The summed E-state index contributed by atoms with van der Waals surface area (Å²) in [6, 6.07) is 7.13. The van der Waals surface area contributed by atoms with Crippen molar-refractivity contribution in [2.75, 3.05) is 13.1 Å². The van der Waals surface area contributed by atoms with Crippen molar-refractivity contribution in [1.29, 1.82) is 0 Å². The van der Waals surface area contributed by atoms with Crippen LogP contribution in [0.4, 0.5) is 0 Å². The van der Waals surface area contributed by atoms with E-state index in [1.54, 1.807) is 28.4 Å². The van der Waals surface area contributed by atoms with Crippen LogP contribution in [0.3, 0.4) is 0 Å². The van der Waals surface area contributed by atoms with Gasteiger partial charge in [0, 0.05) is 37.5 Å². The van der Waals surface area contributed by atoms with E-state index in [0.29, 0.717) is 17.3 Å². The van der Waals surface area contributed by atoms with Crippen LogP contribution in [0.2, 0.25) is 0 Å². The van der Waals surface area contributed by atoms with Crippen LogP contribution < -0.4 is 10.9 Å². The number of pyridine rings is 1. The van der Waals surface area contributed by atoms with Gasteiger partial charge in [-0.1, -0.05) is 17.8 Å². The van der Waals surface area contributed by atoms with Crippen molar-refractivity contribution in [2.45, 2.75) is 29.7 Å². The maximum Gasteiger partial charge on any atom is 0.258 e. The minimum Gasteiger partial charge on any atom is -0.316 e. The van der Waals surface area contributed by atoms with Gasteiger partial charge >= 0.3 is 0 Å². The minimum absolute atomic E-state index is 0.0619. The molecule has 0 saturated carbocycles. The van der Waals surface area contributed by atoms with Gasteiger partial charge in [-0.3, -0.25) is 9.20 Å². The number of hydrogen-bond donors (Lipinski definition) is 1. The number of rotatable bonds is 4. The highest BCUT2D eigenvalue weighted by molar-refractivity contribution is 7.98. The fraction of sp³-hybridized carbons (Fsp3) is 0.412.